The van der Waals surface area contributed by atoms with Gasteiger partial charge in [0.05, 0.1) is 12.7 Å². The van der Waals surface area contributed by atoms with Crippen molar-refractivity contribution >= 4 is 23.0 Å². The van der Waals surface area contributed by atoms with Gasteiger partial charge in [-0.25, -0.2) is 14.3 Å². The van der Waals surface area contributed by atoms with E-state index >= 15 is 0 Å². The van der Waals surface area contributed by atoms with Crippen molar-refractivity contribution in [3.63, 3.8) is 0 Å². The Morgan fingerprint density at radius 1 is 1.45 bits per heavy atom. The van der Waals surface area contributed by atoms with Gasteiger partial charge in [-0.2, -0.15) is 5.26 Å². The molecule has 2 aliphatic rings. The molecule has 13 heteroatoms. The molecule has 0 saturated carbocycles. The average molecular weight is 412 g/mol. The molecule has 0 amide bonds. The van der Waals surface area contributed by atoms with Crippen LogP contribution in [0.2, 0.25) is 0 Å². The van der Waals surface area contributed by atoms with Gasteiger partial charge in [0.1, 0.15) is 18.7 Å². The summed E-state index contributed by atoms with van der Waals surface area (Å²) in [6.45, 7) is 2.20. The molecule has 2 aromatic heterocycles. The second-order valence-corrected chi connectivity index (χ2v) is 7.60. The van der Waals surface area contributed by atoms with Gasteiger partial charge in [-0.1, -0.05) is 4.98 Å². The predicted molar refractivity (Wildman–Crippen MR) is 92.0 cm³/mol. The molecule has 0 aromatic carbocycles. The molecule has 4 heterocycles. The number of anilines is 1. The maximum absolute atomic E-state index is 12.1. The van der Waals surface area contributed by atoms with E-state index in [0.717, 1.165) is 0 Å². The molecule has 1 saturated heterocycles. The number of ether oxygens (including phenoxy) is 1. The summed E-state index contributed by atoms with van der Waals surface area (Å²) in [4.78, 5) is 24.5. The molecule has 0 radical (unpaired) electrons. The number of nitrogens with one attached hydrogen (secondary N) is 1. The fraction of sp³-hybridized carbons (Fsp3) is 0.625. The lowest BCUT2D eigenvalue weighted by atomic mass is 9.85. The minimum atomic E-state index is -1.99. The summed E-state index contributed by atoms with van der Waals surface area (Å²) in [6.07, 6.45) is -1.05. The molecule has 2 aliphatic heterocycles. The highest BCUT2D eigenvalue weighted by molar-refractivity contribution is 5.89. The predicted octanol–water partition coefficient (Wildman–Crippen LogP) is -2.41. The molecule has 0 aliphatic carbocycles. The highest BCUT2D eigenvalue weighted by atomic mass is 17.1. The Bertz CT molecular complexity index is 964. The zero-order chi connectivity index (χ0) is 21.1. The van der Waals surface area contributed by atoms with Crippen LogP contribution >= 0.6 is 0 Å². The second-order valence-electron chi connectivity index (χ2n) is 7.60. The largest absolute Gasteiger partial charge is 0.394 e. The van der Waals surface area contributed by atoms with Crippen LogP contribution in [0.4, 0.5) is 5.82 Å². The Morgan fingerprint density at radius 3 is 2.79 bits per heavy atom. The lowest BCUT2D eigenvalue weighted by Crippen LogP contribution is -2.76. The van der Waals surface area contributed by atoms with Crippen LogP contribution in [0.25, 0.3) is 11.2 Å². The number of aliphatic hydroxyl groups excluding tert-OH is 3. The van der Waals surface area contributed by atoms with E-state index in [-0.39, 0.29) is 24.4 Å². The molecule has 0 bridgehead atoms. The van der Waals surface area contributed by atoms with Crippen molar-refractivity contribution in [3.05, 3.63) is 12.7 Å². The van der Waals surface area contributed by atoms with Crippen LogP contribution in [-0.2, 0) is 20.1 Å². The number of imidazole rings is 1. The third-order valence-corrected chi connectivity index (χ3v) is 5.66. The fourth-order valence-electron chi connectivity index (χ4n) is 3.91. The normalized spacial score (nSPS) is 36.7. The third kappa shape index (κ3) is 2.70. The standard InChI is InChI=1S/C16H21N5O8/c1-15(14(25)29-27)13(24)16(2,26)21-6-18-11-10(12(21)19-15)17-5-20(11)9-3-7(23)8(4-22)28-9/h5-9,13,22-24,26-27H,3-4H2,1-2H3/p+1. The van der Waals surface area contributed by atoms with Crippen molar-refractivity contribution in [2.75, 3.05) is 11.9 Å². The summed E-state index contributed by atoms with van der Waals surface area (Å²) in [7, 11) is 0. The minimum Gasteiger partial charge on any atom is -0.394 e. The maximum atomic E-state index is 12.1. The molecule has 6 N–H and O–H groups in total. The molecule has 158 valence electrons. The van der Waals surface area contributed by atoms with E-state index in [4.69, 9.17) is 9.99 Å². The van der Waals surface area contributed by atoms with Crippen molar-refractivity contribution in [3.8, 4) is 0 Å². The van der Waals surface area contributed by atoms with Crippen molar-refractivity contribution < 1.29 is 44.7 Å². The topological polar surface area (TPSA) is 183 Å². The average Bonchev–Trinajstić information content (AvgIpc) is 3.28. The smallest absolute Gasteiger partial charge is 0.384 e. The molecule has 6 unspecified atom stereocenters. The van der Waals surface area contributed by atoms with E-state index in [2.05, 4.69) is 20.2 Å². The first-order valence-electron chi connectivity index (χ1n) is 8.91. The number of aromatic nitrogens is 4. The van der Waals surface area contributed by atoms with Gasteiger partial charge >= 0.3 is 5.97 Å². The van der Waals surface area contributed by atoms with Crippen LogP contribution in [0.3, 0.4) is 0 Å². The van der Waals surface area contributed by atoms with Crippen molar-refractivity contribution in [2.24, 2.45) is 0 Å². The molecule has 2 aromatic rings. The Morgan fingerprint density at radius 2 is 2.17 bits per heavy atom. The van der Waals surface area contributed by atoms with Crippen molar-refractivity contribution in [2.45, 2.75) is 56.1 Å². The van der Waals surface area contributed by atoms with Crippen molar-refractivity contribution in [1.82, 2.24) is 14.5 Å². The molecule has 29 heavy (non-hydrogen) atoms. The highest BCUT2D eigenvalue weighted by Gasteiger charge is 2.60. The summed E-state index contributed by atoms with van der Waals surface area (Å²) < 4.78 is 8.40. The number of nitrogens with zero attached hydrogens (tertiary/aromatic N) is 4. The third-order valence-electron chi connectivity index (χ3n) is 5.66. The molecule has 13 nitrogen and oxygen atoms in total. The molecule has 6 atom stereocenters. The lowest BCUT2D eigenvalue weighted by molar-refractivity contribution is -0.807. The van der Waals surface area contributed by atoms with E-state index in [9.17, 15) is 25.2 Å². The zero-order valence-corrected chi connectivity index (χ0v) is 15.6. The zero-order valence-electron chi connectivity index (χ0n) is 15.6. The van der Waals surface area contributed by atoms with Gasteiger partial charge in [0.25, 0.3) is 5.82 Å². The molecule has 0 spiro atoms. The van der Waals surface area contributed by atoms with Gasteiger partial charge in [0.2, 0.25) is 23.2 Å². The van der Waals surface area contributed by atoms with Crippen LogP contribution in [0.5, 0.6) is 0 Å². The summed E-state index contributed by atoms with van der Waals surface area (Å²) in [5.41, 5.74) is -3.33. The van der Waals surface area contributed by atoms with Gasteiger partial charge < -0.3 is 25.2 Å². The van der Waals surface area contributed by atoms with Gasteiger partial charge in [0, 0.05) is 13.3 Å². The number of carbonyl (C=O) groups excluding carboxylic acids is 1. The molecular formula is C16H22N5O8+. The number of aliphatic hydroxyl groups is 4. The van der Waals surface area contributed by atoms with Crippen LogP contribution in [0, 0.1) is 0 Å². The Kier molecular flexibility index (Phi) is 4.49. The van der Waals surface area contributed by atoms with E-state index in [1.807, 2.05) is 0 Å². The maximum Gasteiger partial charge on any atom is 0.384 e. The fourth-order valence-corrected chi connectivity index (χ4v) is 3.91. The van der Waals surface area contributed by atoms with E-state index in [0.29, 0.717) is 5.65 Å². The quantitative estimate of drug-likeness (QED) is 0.179. The Labute approximate surface area is 163 Å². The van der Waals surface area contributed by atoms with Gasteiger partial charge in [-0.05, 0) is 6.92 Å². The lowest BCUT2D eigenvalue weighted by Gasteiger charge is -2.42. The number of hydrogen-bond donors (Lipinski definition) is 6. The highest BCUT2D eigenvalue weighted by Crippen LogP contribution is 2.36. The summed E-state index contributed by atoms with van der Waals surface area (Å²) >= 11 is 0. The molecule has 1 fully saturated rings. The SMILES string of the molecule is CC1(C(=O)OO)Nc2c3ncn(C4CC(O)C(CO)O4)c3nc[n+]2C(C)(O)C1O. The van der Waals surface area contributed by atoms with Crippen LogP contribution in [0.1, 0.15) is 26.5 Å². The number of rotatable bonds is 3. The van der Waals surface area contributed by atoms with Gasteiger partial charge in [-0.3, -0.25) is 14.8 Å². The van der Waals surface area contributed by atoms with Crippen LogP contribution in [-0.4, -0.2) is 76.6 Å². The van der Waals surface area contributed by atoms with E-state index < -0.39 is 41.8 Å². The minimum absolute atomic E-state index is 0.147. The number of fused-ring (bicyclic) bond motifs is 3. The number of carbonyl (C=O) groups is 1. The monoisotopic (exact) mass is 412 g/mol. The van der Waals surface area contributed by atoms with Crippen LogP contribution in [0.15, 0.2) is 12.7 Å². The molecular weight excluding hydrogens is 390 g/mol. The Hall–Kier alpha value is -2.42. The second kappa shape index (κ2) is 6.55. The Balaban J connectivity index is 1.83. The van der Waals surface area contributed by atoms with E-state index in [1.165, 1.54) is 31.1 Å². The summed E-state index contributed by atoms with van der Waals surface area (Å²) in [6, 6.07) is 0. The summed E-state index contributed by atoms with van der Waals surface area (Å²) in [5, 5.41) is 52.3. The number of hydrogen-bond acceptors (Lipinski definition) is 11. The summed E-state index contributed by atoms with van der Waals surface area (Å²) in [5.74, 6) is -1.05. The first-order valence-corrected chi connectivity index (χ1v) is 8.91. The van der Waals surface area contributed by atoms with E-state index in [1.54, 1.807) is 4.57 Å². The molecule has 4 rings (SSSR count). The van der Waals surface area contributed by atoms with Gasteiger partial charge in [-0.15, -0.1) is 0 Å². The first-order chi connectivity index (χ1) is 13.6. The van der Waals surface area contributed by atoms with Crippen molar-refractivity contribution in [1.29, 1.82) is 0 Å². The van der Waals surface area contributed by atoms with Gasteiger partial charge in [0.15, 0.2) is 11.6 Å². The first kappa shape index (κ1) is 19.9. The van der Waals surface area contributed by atoms with Crippen LogP contribution < -0.4 is 9.88 Å².